The zero-order valence-electron chi connectivity index (χ0n) is 12.3. The Balaban J connectivity index is 2.21. The molecule has 2 aromatic heterocycles. The van der Waals surface area contributed by atoms with Crippen LogP contribution in [0.2, 0.25) is 5.02 Å². The zero-order valence-corrected chi connectivity index (χ0v) is 13.0. The first-order valence-electron chi connectivity index (χ1n) is 7.27. The van der Waals surface area contributed by atoms with Gasteiger partial charge in [-0.05, 0) is 31.2 Å². The Hall–Kier alpha value is -2.11. The molecule has 0 atom stereocenters. The molecule has 114 valence electrons. The predicted molar refractivity (Wildman–Crippen MR) is 87.8 cm³/mol. The Labute approximate surface area is 133 Å². The Bertz CT molecular complexity index is 838. The maximum absolute atomic E-state index is 12.9. The molecule has 22 heavy (non-hydrogen) atoms. The van der Waals surface area contributed by atoms with Gasteiger partial charge in [-0.2, -0.15) is 5.10 Å². The third-order valence-corrected chi connectivity index (χ3v) is 3.73. The fourth-order valence-electron chi connectivity index (χ4n) is 2.41. The molecule has 5 nitrogen and oxygen atoms in total. The van der Waals surface area contributed by atoms with Gasteiger partial charge >= 0.3 is 0 Å². The largest absolute Gasteiger partial charge is 0.310 e. The summed E-state index contributed by atoms with van der Waals surface area (Å²) >= 11 is 6.13. The number of fused-ring (bicyclic) bond motifs is 1. The number of aromatic nitrogens is 3. The molecule has 0 saturated heterocycles. The number of nitrogens with zero attached hydrogens (tertiary/aromatic N) is 3. The van der Waals surface area contributed by atoms with Crippen molar-refractivity contribution in [1.29, 1.82) is 0 Å². The molecule has 0 spiro atoms. The number of benzene rings is 1. The summed E-state index contributed by atoms with van der Waals surface area (Å²) in [4.78, 5) is 12.9. The highest BCUT2D eigenvalue weighted by molar-refractivity contribution is 6.33. The highest BCUT2D eigenvalue weighted by Gasteiger charge is 2.15. The highest BCUT2D eigenvalue weighted by Crippen LogP contribution is 2.16. The Morgan fingerprint density at radius 1 is 1.23 bits per heavy atom. The van der Waals surface area contributed by atoms with Crippen molar-refractivity contribution >= 4 is 17.1 Å². The van der Waals surface area contributed by atoms with Gasteiger partial charge in [0.05, 0.1) is 17.3 Å². The lowest BCUT2D eigenvalue weighted by Gasteiger charge is -2.13. The second kappa shape index (κ2) is 6.34. The van der Waals surface area contributed by atoms with Gasteiger partial charge < -0.3 is 5.32 Å². The van der Waals surface area contributed by atoms with Gasteiger partial charge in [0.1, 0.15) is 5.52 Å². The van der Waals surface area contributed by atoms with Crippen LogP contribution in [0.1, 0.15) is 19.2 Å². The fraction of sp³-hybridized carbons (Fsp3) is 0.250. The predicted octanol–water partition coefficient (Wildman–Crippen LogP) is 2.64. The molecule has 0 amide bonds. The Morgan fingerprint density at radius 3 is 2.73 bits per heavy atom. The van der Waals surface area contributed by atoms with E-state index in [0.29, 0.717) is 22.9 Å². The average Bonchev–Trinajstić information content (AvgIpc) is 2.90. The summed E-state index contributed by atoms with van der Waals surface area (Å²) in [5.74, 6) is 0.657. The van der Waals surface area contributed by atoms with E-state index in [1.54, 1.807) is 21.3 Å². The van der Waals surface area contributed by atoms with E-state index in [1.807, 2.05) is 30.3 Å². The van der Waals surface area contributed by atoms with E-state index in [4.69, 9.17) is 11.6 Å². The van der Waals surface area contributed by atoms with Crippen LogP contribution in [-0.4, -0.2) is 20.7 Å². The number of hydrogen-bond donors (Lipinski definition) is 1. The van der Waals surface area contributed by atoms with Crippen molar-refractivity contribution in [2.75, 3.05) is 6.54 Å². The quantitative estimate of drug-likeness (QED) is 0.736. The first kappa shape index (κ1) is 14.8. The molecule has 0 unspecified atom stereocenters. The van der Waals surface area contributed by atoms with E-state index < -0.39 is 0 Å². The van der Waals surface area contributed by atoms with Crippen LogP contribution in [0, 0.1) is 0 Å². The van der Waals surface area contributed by atoms with E-state index in [-0.39, 0.29) is 5.56 Å². The van der Waals surface area contributed by atoms with Crippen LogP contribution < -0.4 is 10.9 Å². The van der Waals surface area contributed by atoms with Crippen LogP contribution in [0.4, 0.5) is 0 Å². The van der Waals surface area contributed by atoms with Crippen molar-refractivity contribution in [3.8, 4) is 5.69 Å². The summed E-state index contributed by atoms with van der Waals surface area (Å²) < 4.78 is 3.16. The number of para-hydroxylation sites is 1. The maximum Gasteiger partial charge on any atom is 0.284 e. The molecule has 6 heteroatoms. The third-order valence-electron chi connectivity index (χ3n) is 3.43. The summed E-state index contributed by atoms with van der Waals surface area (Å²) in [6, 6.07) is 11.2. The number of halogens is 1. The third kappa shape index (κ3) is 2.65. The Kier molecular flexibility index (Phi) is 4.27. The fourth-order valence-corrected chi connectivity index (χ4v) is 2.63. The van der Waals surface area contributed by atoms with E-state index in [0.717, 1.165) is 18.7 Å². The zero-order chi connectivity index (χ0) is 15.5. The molecule has 0 radical (unpaired) electrons. The summed E-state index contributed by atoms with van der Waals surface area (Å²) in [5.41, 5.74) is 1.02. The lowest BCUT2D eigenvalue weighted by Crippen LogP contribution is -2.29. The van der Waals surface area contributed by atoms with Crippen LogP contribution >= 0.6 is 11.6 Å². The summed E-state index contributed by atoms with van der Waals surface area (Å²) in [5, 5.41) is 8.24. The lowest BCUT2D eigenvalue weighted by molar-refractivity contribution is 0.612. The van der Waals surface area contributed by atoms with Crippen LogP contribution in [-0.2, 0) is 6.54 Å². The van der Waals surface area contributed by atoms with E-state index in [9.17, 15) is 4.79 Å². The first-order valence-corrected chi connectivity index (χ1v) is 7.65. The molecule has 0 aliphatic rings. The van der Waals surface area contributed by atoms with Gasteiger partial charge in [-0.25, -0.2) is 4.52 Å². The van der Waals surface area contributed by atoms with E-state index in [2.05, 4.69) is 17.3 Å². The summed E-state index contributed by atoms with van der Waals surface area (Å²) in [6.07, 6.45) is 2.73. The topological polar surface area (TPSA) is 51.3 Å². The molecule has 1 N–H and O–H groups in total. The molecule has 0 bridgehead atoms. The van der Waals surface area contributed by atoms with Gasteiger partial charge in [-0.15, -0.1) is 0 Å². The minimum atomic E-state index is -0.163. The first-order chi connectivity index (χ1) is 10.7. The lowest BCUT2D eigenvalue weighted by atomic mass is 10.3. The van der Waals surface area contributed by atoms with Crippen molar-refractivity contribution < 1.29 is 0 Å². The maximum atomic E-state index is 12.9. The van der Waals surface area contributed by atoms with Gasteiger partial charge in [-0.3, -0.25) is 9.36 Å². The normalized spacial score (nSPS) is 11.2. The second-order valence-electron chi connectivity index (χ2n) is 5.03. The van der Waals surface area contributed by atoms with Crippen molar-refractivity contribution in [2.24, 2.45) is 0 Å². The molecule has 0 saturated carbocycles. The molecule has 0 fully saturated rings. The second-order valence-corrected chi connectivity index (χ2v) is 5.43. The molecule has 1 aromatic carbocycles. The van der Waals surface area contributed by atoms with Crippen molar-refractivity contribution in [3.05, 3.63) is 63.8 Å². The number of rotatable bonds is 5. The van der Waals surface area contributed by atoms with E-state index >= 15 is 0 Å². The van der Waals surface area contributed by atoms with Crippen LogP contribution in [0.25, 0.3) is 11.2 Å². The van der Waals surface area contributed by atoms with Crippen molar-refractivity contribution in [3.63, 3.8) is 0 Å². The molecule has 2 heterocycles. The minimum Gasteiger partial charge on any atom is -0.310 e. The summed E-state index contributed by atoms with van der Waals surface area (Å²) in [7, 11) is 0. The van der Waals surface area contributed by atoms with Gasteiger partial charge in [0.25, 0.3) is 5.56 Å². The molecule has 3 rings (SSSR count). The van der Waals surface area contributed by atoms with Crippen LogP contribution in [0.5, 0.6) is 0 Å². The molecular formula is C16H17ClN4O. The molecule has 0 aliphatic heterocycles. The van der Waals surface area contributed by atoms with Gasteiger partial charge in [0, 0.05) is 6.20 Å². The van der Waals surface area contributed by atoms with Crippen molar-refractivity contribution in [2.45, 2.75) is 19.9 Å². The minimum absolute atomic E-state index is 0.163. The number of nitrogens with one attached hydrogen (secondary N) is 1. The van der Waals surface area contributed by atoms with Crippen molar-refractivity contribution in [1.82, 2.24) is 19.5 Å². The van der Waals surface area contributed by atoms with Crippen LogP contribution in [0.3, 0.4) is 0 Å². The smallest absolute Gasteiger partial charge is 0.284 e. The molecule has 3 aromatic rings. The van der Waals surface area contributed by atoms with Crippen LogP contribution in [0.15, 0.2) is 47.4 Å². The van der Waals surface area contributed by atoms with Gasteiger partial charge in [0.15, 0.2) is 5.82 Å². The SMILES string of the molecule is CCCNCc1nn2ccc(Cl)c2c(=O)n1-c1ccccc1. The monoisotopic (exact) mass is 316 g/mol. The van der Waals surface area contributed by atoms with E-state index in [1.165, 1.54) is 0 Å². The van der Waals surface area contributed by atoms with Gasteiger partial charge in [0.2, 0.25) is 0 Å². The standard InChI is InChI=1S/C16H17ClN4O/c1-2-9-18-11-14-19-20-10-8-13(17)15(20)16(22)21(14)12-6-4-3-5-7-12/h3-8,10,18H,2,9,11H2,1H3. The highest BCUT2D eigenvalue weighted by atomic mass is 35.5. The summed E-state index contributed by atoms with van der Waals surface area (Å²) in [6.45, 7) is 3.48. The number of hydrogen-bond acceptors (Lipinski definition) is 3. The molecule has 0 aliphatic carbocycles. The Morgan fingerprint density at radius 2 is 2.00 bits per heavy atom. The van der Waals surface area contributed by atoms with Gasteiger partial charge in [-0.1, -0.05) is 36.7 Å². The average molecular weight is 317 g/mol. The molecular weight excluding hydrogens is 300 g/mol.